The summed E-state index contributed by atoms with van der Waals surface area (Å²) in [6.45, 7) is 6.46. The predicted molar refractivity (Wildman–Crippen MR) is 139 cm³/mol. The van der Waals surface area contributed by atoms with Crippen LogP contribution in [0.4, 0.5) is 26.5 Å². The van der Waals surface area contributed by atoms with E-state index in [0.717, 1.165) is 12.8 Å². The number of aromatic nitrogens is 2. The van der Waals surface area contributed by atoms with E-state index < -0.39 is 17.5 Å². The average Bonchev–Trinajstić information content (AvgIpc) is 2.86. The SMILES string of the molecule is CC(C)(C)OC(=O)Nc1cc(Oc2ccc(Nc3ncccc3C(=O)NC3CCOCC3)cc2F)ccn1. The number of ether oxygens (including phenoxy) is 3. The zero-order valence-corrected chi connectivity index (χ0v) is 21.4. The van der Waals surface area contributed by atoms with E-state index in [9.17, 15) is 14.0 Å². The molecule has 38 heavy (non-hydrogen) atoms. The normalized spacial score (nSPS) is 13.9. The number of anilines is 3. The number of hydrogen-bond donors (Lipinski definition) is 3. The number of rotatable bonds is 7. The number of amides is 2. The molecule has 4 rings (SSSR count). The van der Waals surface area contributed by atoms with Crippen molar-refractivity contribution in [3.05, 3.63) is 66.2 Å². The Labute approximate surface area is 219 Å². The summed E-state index contributed by atoms with van der Waals surface area (Å²) in [6.07, 6.45) is 3.80. The van der Waals surface area contributed by atoms with Crippen molar-refractivity contribution in [2.45, 2.75) is 45.3 Å². The lowest BCUT2D eigenvalue weighted by atomic mass is 10.1. The van der Waals surface area contributed by atoms with Gasteiger partial charge in [0.25, 0.3) is 5.91 Å². The van der Waals surface area contributed by atoms with Crippen LogP contribution in [0.2, 0.25) is 0 Å². The van der Waals surface area contributed by atoms with Crippen LogP contribution in [0.15, 0.2) is 54.9 Å². The van der Waals surface area contributed by atoms with Crippen molar-refractivity contribution in [1.82, 2.24) is 15.3 Å². The number of nitrogens with zero attached hydrogens (tertiary/aromatic N) is 2. The van der Waals surface area contributed by atoms with Gasteiger partial charge in [0.15, 0.2) is 11.6 Å². The largest absolute Gasteiger partial charge is 0.454 e. The Kier molecular flexibility index (Phi) is 8.37. The molecule has 1 fully saturated rings. The molecule has 0 bridgehead atoms. The van der Waals surface area contributed by atoms with Crippen LogP contribution in [0.1, 0.15) is 44.0 Å². The van der Waals surface area contributed by atoms with Gasteiger partial charge in [-0.3, -0.25) is 10.1 Å². The standard InChI is InChI=1S/C27H30FN5O5/c1-27(2,3)38-26(35)33-23-16-19(8-12-29-23)37-22-7-6-18(15-21(22)28)31-24-20(5-4-11-30-24)25(34)32-17-9-13-36-14-10-17/h4-8,11-12,15-17H,9-10,13-14H2,1-3H3,(H,30,31)(H,32,34)(H,29,33,35). The van der Waals surface area contributed by atoms with E-state index in [-0.39, 0.29) is 29.3 Å². The van der Waals surface area contributed by atoms with Crippen LogP contribution >= 0.6 is 0 Å². The molecule has 0 radical (unpaired) electrons. The van der Waals surface area contributed by atoms with Crippen molar-refractivity contribution in [3.63, 3.8) is 0 Å². The fourth-order valence-corrected chi connectivity index (χ4v) is 3.67. The van der Waals surface area contributed by atoms with Gasteiger partial charge in [-0.25, -0.2) is 19.2 Å². The van der Waals surface area contributed by atoms with Crippen LogP contribution in [0.5, 0.6) is 11.5 Å². The molecule has 3 heterocycles. The molecule has 1 aliphatic heterocycles. The summed E-state index contributed by atoms with van der Waals surface area (Å²) in [4.78, 5) is 33.1. The van der Waals surface area contributed by atoms with Crippen LogP contribution in [0, 0.1) is 5.82 Å². The van der Waals surface area contributed by atoms with Crippen LogP contribution in [0.3, 0.4) is 0 Å². The van der Waals surface area contributed by atoms with Gasteiger partial charge in [0.2, 0.25) is 0 Å². The molecule has 0 unspecified atom stereocenters. The van der Waals surface area contributed by atoms with Gasteiger partial charge >= 0.3 is 6.09 Å². The third-order valence-electron chi connectivity index (χ3n) is 5.39. The number of carbonyl (C=O) groups is 2. The van der Waals surface area contributed by atoms with Gasteiger partial charge in [-0.1, -0.05) is 0 Å². The monoisotopic (exact) mass is 523 g/mol. The first-order valence-electron chi connectivity index (χ1n) is 12.2. The number of pyridine rings is 2. The minimum absolute atomic E-state index is 0.0335. The van der Waals surface area contributed by atoms with Gasteiger partial charge in [0, 0.05) is 49.5 Å². The highest BCUT2D eigenvalue weighted by molar-refractivity contribution is 5.99. The minimum Gasteiger partial charge on any atom is -0.454 e. The number of nitrogens with one attached hydrogen (secondary N) is 3. The molecule has 0 atom stereocenters. The van der Waals surface area contributed by atoms with Crippen molar-refractivity contribution in [2.24, 2.45) is 0 Å². The molecule has 11 heteroatoms. The predicted octanol–water partition coefficient (Wildman–Crippen LogP) is 5.41. The number of halogens is 1. The Bertz CT molecular complexity index is 1290. The molecule has 200 valence electrons. The Morgan fingerprint density at radius 1 is 1.05 bits per heavy atom. The van der Waals surface area contributed by atoms with E-state index >= 15 is 0 Å². The summed E-state index contributed by atoms with van der Waals surface area (Å²) in [7, 11) is 0. The topological polar surface area (TPSA) is 124 Å². The van der Waals surface area contributed by atoms with Gasteiger partial charge in [0.05, 0.1) is 5.56 Å². The van der Waals surface area contributed by atoms with Crippen LogP contribution < -0.4 is 20.7 Å². The zero-order chi connectivity index (χ0) is 27.1. The van der Waals surface area contributed by atoms with Gasteiger partial charge in [0.1, 0.15) is 23.0 Å². The molecule has 0 spiro atoms. The van der Waals surface area contributed by atoms with E-state index in [2.05, 4.69) is 25.9 Å². The van der Waals surface area contributed by atoms with Gasteiger partial charge in [-0.05, 0) is 63.9 Å². The highest BCUT2D eigenvalue weighted by Crippen LogP contribution is 2.29. The van der Waals surface area contributed by atoms with E-state index in [4.69, 9.17) is 14.2 Å². The molecule has 2 aromatic heterocycles. The summed E-state index contributed by atoms with van der Waals surface area (Å²) in [5.41, 5.74) is 0.0686. The summed E-state index contributed by atoms with van der Waals surface area (Å²) < 4.78 is 31.1. The van der Waals surface area contributed by atoms with E-state index in [1.54, 1.807) is 45.2 Å². The lowest BCUT2D eigenvalue weighted by Gasteiger charge is -2.23. The maximum absolute atomic E-state index is 14.9. The molecule has 3 aromatic rings. The Balaban J connectivity index is 1.42. The van der Waals surface area contributed by atoms with Crippen LogP contribution in [0.25, 0.3) is 0 Å². The highest BCUT2D eigenvalue weighted by Gasteiger charge is 2.20. The quantitative estimate of drug-likeness (QED) is 0.376. The third kappa shape index (κ3) is 7.62. The van der Waals surface area contributed by atoms with E-state index in [1.165, 1.54) is 30.5 Å². The number of hydrogen-bond acceptors (Lipinski definition) is 8. The lowest BCUT2D eigenvalue weighted by Crippen LogP contribution is -2.39. The first kappa shape index (κ1) is 26.8. The number of carbonyl (C=O) groups excluding carboxylic acids is 2. The maximum Gasteiger partial charge on any atom is 0.413 e. The first-order valence-corrected chi connectivity index (χ1v) is 12.2. The Morgan fingerprint density at radius 2 is 1.84 bits per heavy atom. The van der Waals surface area contributed by atoms with Gasteiger partial charge < -0.3 is 24.8 Å². The molecule has 0 saturated carbocycles. The smallest absolute Gasteiger partial charge is 0.413 e. The molecule has 3 N–H and O–H groups in total. The molecule has 1 saturated heterocycles. The van der Waals surface area contributed by atoms with Crippen molar-refractivity contribution in [1.29, 1.82) is 0 Å². The minimum atomic E-state index is -0.668. The molecular weight excluding hydrogens is 493 g/mol. The third-order valence-corrected chi connectivity index (χ3v) is 5.39. The molecular formula is C27H30FN5O5. The van der Waals surface area contributed by atoms with Crippen molar-refractivity contribution < 1.29 is 28.2 Å². The molecule has 0 aliphatic carbocycles. The van der Waals surface area contributed by atoms with Gasteiger partial charge in [-0.2, -0.15) is 0 Å². The van der Waals surface area contributed by atoms with E-state index in [1.807, 2.05) is 0 Å². The Morgan fingerprint density at radius 3 is 2.58 bits per heavy atom. The lowest BCUT2D eigenvalue weighted by molar-refractivity contribution is 0.0634. The molecule has 2 amide bonds. The highest BCUT2D eigenvalue weighted by atomic mass is 19.1. The zero-order valence-electron chi connectivity index (χ0n) is 21.4. The van der Waals surface area contributed by atoms with Crippen LogP contribution in [-0.2, 0) is 9.47 Å². The molecule has 1 aliphatic rings. The van der Waals surface area contributed by atoms with E-state index in [0.29, 0.717) is 30.3 Å². The second-order valence-corrected chi connectivity index (χ2v) is 9.64. The second kappa shape index (κ2) is 11.9. The maximum atomic E-state index is 14.9. The number of benzene rings is 1. The average molecular weight is 524 g/mol. The first-order chi connectivity index (χ1) is 18.2. The van der Waals surface area contributed by atoms with Crippen LogP contribution in [-0.4, -0.2) is 46.8 Å². The van der Waals surface area contributed by atoms with Gasteiger partial charge in [-0.15, -0.1) is 0 Å². The van der Waals surface area contributed by atoms with Crippen molar-refractivity contribution in [3.8, 4) is 11.5 Å². The summed E-state index contributed by atoms with van der Waals surface area (Å²) in [5, 5.41) is 8.53. The fraction of sp³-hybridized carbons (Fsp3) is 0.333. The molecule has 1 aromatic carbocycles. The summed E-state index contributed by atoms with van der Waals surface area (Å²) in [6, 6.07) is 10.6. The van der Waals surface area contributed by atoms with Crippen molar-refractivity contribution in [2.75, 3.05) is 23.8 Å². The summed E-state index contributed by atoms with van der Waals surface area (Å²) >= 11 is 0. The van der Waals surface area contributed by atoms with Crippen molar-refractivity contribution >= 4 is 29.3 Å². The Hall–Kier alpha value is -4.25. The summed E-state index contributed by atoms with van der Waals surface area (Å²) in [5.74, 6) is -0.181. The second-order valence-electron chi connectivity index (χ2n) is 9.64. The molecule has 10 nitrogen and oxygen atoms in total. The fourth-order valence-electron chi connectivity index (χ4n) is 3.67.